The first kappa shape index (κ1) is 16.5. The number of ether oxygens (including phenoxy) is 2. The molecule has 0 heterocycles. The molecular weight excluding hydrogens is 268 g/mol. The van der Waals surface area contributed by atoms with Gasteiger partial charge in [-0.1, -0.05) is 26.3 Å². The third-order valence-electron chi connectivity index (χ3n) is 5.91. The molecule has 0 amide bonds. The topological polar surface area (TPSA) is 55.8 Å². The zero-order valence-corrected chi connectivity index (χ0v) is 14.0. The van der Waals surface area contributed by atoms with Crippen LogP contribution in [0.25, 0.3) is 0 Å². The average Bonchev–Trinajstić information content (AvgIpc) is 2.42. The minimum atomic E-state index is -0.516. The van der Waals surface area contributed by atoms with Crippen LogP contribution in [0.4, 0.5) is 0 Å². The molecule has 0 aromatic rings. The van der Waals surface area contributed by atoms with Crippen LogP contribution in [0.3, 0.4) is 0 Å². The van der Waals surface area contributed by atoms with Crippen LogP contribution in [0, 0.1) is 16.7 Å². The molecule has 4 heteroatoms. The van der Waals surface area contributed by atoms with Crippen LogP contribution in [-0.2, 0) is 14.3 Å². The van der Waals surface area contributed by atoms with Crippen LogP contribution in [0.2, 0.25) is 0 Å². The molecule has 2 aliphatic rings. The van der Waals surface area contributed by atoms with E-state index in [1.807, 2.05) is 6.92 Å². The van der Waals surface area contributed by atoms with Gasteiger partial charge in [0.05, 0.1) is 19.3 Å². The number of esters is 1. The molecule has 0 aliphatic heterocycles. The lowest BCUT2D eigenvalue weighted by atomic mass is 9.48. The molecule has 2 rings (SSSR count). The zero-order valence-electron chi connectivity index (χ0n) is 14.0. The molecule has 2 aliphatic carbocycles. The summed E-state index contributed by atoms with van der Waals surface area (Å²) in [6.07, 6.45) is 1.76. The molecule has 1 N–H and O–H groups in total. The van der Waals surface area contributed by atoms with E-state index in [1.165, 1.54) is 7.11 Å². The fourth-order valence-corrected chi connectivity index (χ4v) is 4.84. The number of aliphatic hydroxyl groups is 1. The molecule has 120 valence electrons. The second-order valence-corrected chi connectivity index (χ2v) is 7.40. The highest BCUT2D eigenvalue weighted by atomic mass is 16.5. The molecule has 0 bridgehead atoms. The summed E-state index contributed by atoms with van der Waals surface area (Å²) in [5.41, 5.74) is 1.30. The Balaban J connectivity index is 2.55. The van der Waals surface area contributed by atoms with Crippen molar-refractivity contribution in [1.29, 1.82) is 0 Å². The van der Waals surface area contributed by atoms with Crippen molar-refractivity contribution in [2.75, 3.05) is 14.2 Å². The highest BCUT2D eigenvalue weighted by Crippen LogP contribution is 2.60. The molecule has 0 aromatic carbocycles. The van der Waals surface area contributed by atoms with Crippen molar-refractivity contribution in [3.63, 3.8) is 0 Å². The summed E-state index contributed by atoms with van der Waals surface area (Å²) < 4.78 is 10.6. The summed E-state index contributed by atoms with van der Waals surface area (Å²) in [4.78, 5) is 12.3. The summed E-state index contributed by atoms with van der Waals surface area (Å²) in [7, 11) is 3.07. The van der Waals surface area contributed by atoms with Crippen molar-refractivity contribution < 1.29 is 19.4 Å². The van der Waals surface area contributed by atoms with E-state index in [2.05, 4.69) is 20.8 Å². The van der Waals surface area contributed by atoms with Gasteiger partial charge in [-0.3, -0.25) is 0 Å². The molecule has 1 fully saturated rings. The highest BCUT2D eigenvalue weighted by Gasteiger charge is 2.58. The Morgan fingerprint density at radius 3 is 2.43 bits per heavy atom. The predicted octanol–water partition coefficient (Wildman–Crippen LogP) is 2.70. The summed E-state index contributed by atoms with van der Waals surface area (Å²) in [5.74, 6) is 0.00550. The van der Waals surface area contributed by atoms with Gasteiger partial charge in [0.25, 0.3) is 0 Å². The number of hydrogen-bond acceptors (Lipinski definition) is 4. The molecule has 4 atom stereocenters. The summed E-state index contributed by atoms with van der Waals surface area (Å²) in [6.45, 7) is 8.32. The third kappa shape index (κ3) is 2.33. The van der Waals surface area contributed by atoms with E-state index < -0.39 is 6.10 Å². The van der Waals surface area contributed by atoms with Gasteiger partial charge >= 0.3 is 5.97 Å². The second kappa shape index (κ2) is 5.40. The first-order valence-corrected chi connectivity index (χ1v) is 7.69. The predicted molar refractivity (Wildman–Crippen MR) is 80.7 cm³/mol. The summed E-state index contributed by atoms with van der Waals surface area (Å²) in [6, 6.07) is 0. The van der Waals surface area contributed by atoms with Crippen LogP contribution in [-0.4, -0.2) is 37.5 Å². The maximum absolute atomic E-state index is 12.3. The van der Waals surface area contributed by atoms with Crippen LogP contribution >= 0.6 is 0 Å². The van der Waals surface area contributed by atoms with Gasteiger partial charge in [0.2, 0.25) is 0 Å². The highest BCUT2D eigenvalue weighted by molar-refractivity contribution is 5.91. The lowest BCUT2D eigenvalue weighted by molar-refractivity contribution is -0.170. The van der Waals surface area contributed by atoms with E-state index in [4.69, 9.17) is 9.47 Å². The van der Waals surface area contributed by atoms with Gasteiger partial charge in [-0.2, -0.15) is 0 Å². The van der Waals surface area contributed by atoms with Crippen LogP contribution < -0.4 is 0 Å². The van der Waals surface area contributed by atoms with Gasteiger partial charge in [-0.15, -0.1) is 0 Å². The maximum atomic E-state index is 12.3. The molecule has 4 unspecified atom stereocenters. The third-order valence-corrected chi connectivity index (χ3v) is 5.91. The van der Waals surface area contributed by atoms with Gasteiger partial charge in [0.15, 0.2) is 0 Å². The molecule has 0 saturated heterocycles. The van der Waals surface area contributed by atoms with Crippen molar-refractivity contribution in [2.24, 2.45) is 16.7 Å². The van der Waals surface area contributed by atoms with E-state index in [0.29, 0.717) is 6.42 Å². The van der Waals surface area contributed by atoms with Crippen molar-refractivity contribution in [2.45, 2.75) is 59.2 Å². The number of hydrogen-bond donors (Lipinski definition) is 1. The molecule has 21 heavy (non-hydrogen) atoms. The minimum Gasteiger partial charge on any atom is -0.466 e. The van der Waals surface area contributed by atoms with Crippen LogP contribution in [0.5, 0.6) is 0 Å². The van der Waals surface area contributed by atoms with Crippen molar-refractivity contribution >= 4 is 5.97 Å². The van der Waals surface area contributed by atoms with E-state index in [0.717, 1.165) is 24.0 Å². The Morgan fingerprint density at radius 1 is 1.29 bits per heavy atom. The van der Waals surface area contributed by atoms with Gasteiger partial charge in [0.1, 0.15) is 0 Å². The van der Waals surface area contributed by atoms with Gasteiger partial charge < -0.3 is 14.6 Å². The monoisotopic (exact) mass is 296 g/mol. The van der Waals surface area contributed by atoms with E-state index in [9.17, 15) is 9.90 Å². The first-order chi connectivity index (χ1) is 9.70. The standard InChI is InChI=1S/C17H28O4/c1-10-7-8-12-16(2,3)14(18)11(20-5)9-17(12,4)13(10)15(19)21-6/h11-12,14,18H,7-9H2,1-6H3. The smallest absolute Gasteiger partial charge is 0.334 e. The summed E-state index contributed by atoms with van der Waals surface area (Å²) >= 11 is 0. The number of carbonyl (C=O) groups is 1. The van der Waals surface area contributed by atoms with Gasteiger partial charge in [-0.25, -0.2) is 4.79 Å². The quantitative estimate of drug-likeness (QED) is 0.796. The SMILES string of the molecule is COC(=O)C1=C(C)CCC2C1(C)CC(OC)C(O)C2(C)C. The Labute approximate surface area is 127 Å². The maximum Gasteiger partial charge on any atom is 0.334 e. The molecule has 0 aromatic heterocycles. The van der Waals surface area contributed by atoms with Crippen molar-refractivity contribution in [3.05, 3.63) is 11.1 Å². The first-order valence-electron chi connectivity index (χ1n) is 7.69. The molecule has 4 nitrogen and oxygen atoms in total. The summed E-state index contributed by atoms with van der Waals surface area (Å²) in [5, 5.41) is 10.6. The second-order valence-electron chi connectivity index (χ2n) is 7.40. The van der Waals surface area contributed by atoms with E-state index in [-0.39, 0.29) is 28.8 Å². The average molecular weight is 296 g/mol. The number of allylic oxidation sites excluding steroid dienone is 1. The number of fused-ring (bicyclic) bond motifs is 1. The lowest BCUT2D eigenvalue weighted by Crippen LogP contribution is -2.59. The normalized spacial score (nSPS) is 38.9. The van der Waals surface area contributed by atoms with Crippen molar-refractivity contribution in [3.8, 4) is 0 Å². The number of rotatable bonds is 2. The Kier molecular flexibility index (Phi) is 4.24. The van der Waals surface area contributed by atoms with Crippen LogP contribution in [0.1, 0.15) is 47.0 Å². The largest absolute Gasteiger partial charge is 0.466 e. The van der Waals surface area contributed by atoms with E-state index >= 15 is 0 Å². The van der Waals surface area contributed by atoms with Gasteiger partial charge in [-0.05, 0) is 37.5 Å². The number of methoxy groups -OCH3 is 2. The number of aliphatic hydroxyl groups excluding tert-OH is 1. The van der Waals surface area contributed by atoms with Crippen LogP contribution in [0.15, 0.2) is 11.1 Å². The van der Waals surface area contributed by atoms with Crippen molar-refractivity contribution in [1.82, 2.24) is 0 Å². The number of carbonyl (C=O) groups excluding carboxylic acids is 1. The zero-order chi connectivity index (χ0) is 16.0. The lowest BCUT2D eigenvalue weighted by Gasteiger charge is -2.58. The molecular formula is C17H28O4. The minimum absolute atomic E-state index is 0.234. The fraction of sp³-hybridized carbons (Fsp3) is 0.824. The van der Waals surface area contributed by atoms with E-state index in [1.54, 1.807) is 7.11 Å². The molecule has 0 radical (unpaired) electrons. The fourth-order valence-electron chi connectivity index (χ4n) is 4.84. The molecule has 0 spiro atoms. The van der Waals surface area contributed by atoms with Gasteiger partial charge in [0, 0.05) is 18.1 Å². The Hall–Kier alpha value is -0.870. The molecule has 1 saturated carbocycles. The Morgan fingerprint density at radius 2 is 1.90 bits per heavy atom. The Bertz CT molecular complexity index is 465.